The van der Waals surface area contributed by atoms with Crippen LogP contribution >= 0.6 is 15.9 Å². The van der Waals surface area contributed by atoms with E-state index in [1.807, 2.05) is 4.90 Å². The fraction of sp³-hybridized carbons (Fsp3) is 0.353. The van der Waals surface area contributed by atoms with Crippen LogP contribution < -0.4 is 10.0 Å². The summed E-state index contributed by atoms with van der Waals surface area (Å²) in [5, 5.41) is 5.25. The van der Waals surface area contributed by atoms with Gasteiger partial charge in [0.25, 0.3) is 5.91 Å². The van der Waals surface area contributed by atoms with E-state index < -0.39 is 10.0 Å². The molecule has 0 spiro atoms. The summed E-state index contributed by atoms with van der Waals surface area (Å²) in [6.45, 7) is 2.56. The maximum absolute atomic E-state index is 13.1. The lowest BCUT2D eigenvalue weighted by molar-refractivity contribution is 0.0774. The van der Waals surface area contributed by atoms with Gasteiger partial charge >= 0.3 is 0 Å². The highest BCUT2D eigenvalue weighted by atomic mass is 79.9. The summed E-state index contributed by atoms with van der Waals surface area (Å²) in [7, 11) is -2.30. The topological polar surface area (TPSA) is 106 Å². The minimum Gasteiger partial charge on any atom is -0.452 e. The van der Waals surface area contributed by atoms with Gasteiger partial charge in [-0.15, -0.1) is 0 Å². The lowest BCUT2D eigenvalue weighted by Gasteiger charge is -2.31. The number of halogens is 1. The number of primary sulfonamides is 1. The molecule has 0 saturated carbocycles. The van der Waals surface area contributed by atoms with Crippen molar-refractivity contribution in [2.75, 3.05) is 38.3 Å². The molecule has 3 rings (SSSR count). The molecule has 0 radical (unpaired) electrons. The van der Waals surface area contributed by atoms with Crippen LogP contribution in [0.2, 0.25) is 0 Å². The Morgan fingerprint density at radius 1 is 1.26 bits per heavy atom. The summed E-state index contributed by atoms with van der Waals surface area (Å²) in [4.78, 5) is 16.4. The van der Waals surface area contributed by atoms with E-state index in [1.165, 1.54) is 17.0 Å². The van der Waals surface area contributed by atoms with Crippen molar-refractivity contribution in [3.63, 3.8) is 0 Å². The van der Waals surface area contributed by atoms with Gasteiger partial charge in [0.1, 0.15) is 5.76 Å². The Kier molecular flexibility index (Phi) is 5.89. The summed E-state index contributed by atoms with van der Waals surface area (Å²) in [6.07, 6.45) is 0. The van der Waals surface area contributed by atoms with Crippen molar-refractivity contribution in [1.82, 2.24) is 4.90 Å². The molecule has 27 heavy (non-hydrogen) atoms. The molecule has 1 saturated heterocycles. The largest absolute Gasteiger partial charge is 0.452 e. The third-order valence-corrected chi connectivity index (χ3v) is 5.58. The molecule has 2 heterocycles. The van der Waals surface area contributed by atoms with Crippen molar-refractivity contribution in [3.8, 4) is 0 Å². The zero-order chi connectivity index (χ0) is 19.6. The third-order valence-electron chi connectivity index (χ3n) is 4.25. The van der Waals surface area contributed by atoms with Gasteiger partial charge in [-0.2, -0.15) is 0 Å². The molecule has 2 N–H and O–H groups in total. The summed E-state index contributed by atoms with van der Waals surface area (Å²) in [6, 6.07) is 7.87. The normalized spacial score (nSPS) is 15.0. The van der Waals surface area contributed by atoms with Gasteiger partial charge in [0.2, 0.25) is 10.0 Å². The monoisotopic (exact) mass is 457 g/mol. The zero-order valence-electron chi connectivity index (χ0n) is 14.7. The molecule has 1 fully saturated rings. The van der Waals surface area contributed by atoms with Gasteiger partial charge < -0.3 is 19.0 Å². The number of ether oxygens (including phenoxy) is 1. The van der Waals surface area contributed by atoms with E-state index in [-0.39, 0.29) is 22.9 Å². The quantitative estimate of drug-likeness (QED) is 0.733. The fourth-order valence-electron chi connectivity index (χ4n) is 2.89. The van der Waals surface area contributed by atoms with Gasteiger partial charge in [0.05, 0.1) is 30.2 Å². The highest BCUT2D eigenvalue weighted by Crippen LogP contribution is 2.26. The predicted molar refractivity (Wildman–Crippen MR) is 103 cm³/mol. The van der Waals surface area contributed by atoms with Crippen LogP contribution in [-0.2, 0) is 21.3 Å². The molecule has 1 aliphatic rings. The van der Waals surface area contributed by atoms with Crippen LogP contribution in [0.25, 0.3) is 0 Å². The Labute approximate surface area is 166 Å². The molecule has 0 atom stereocenters. The number of carbonyl (C=O) groups is 1. The van der Waals surface area contributed by atoms with Crippen molar-refractivity contribution >= 4 is 37.5 Å². The Morgan fingerprint density at radius 2 is 1.96 bits per heavy atom. The number of nitrogens with zero attached hydrogens (tertiary/aromatic N) is 2. The van der Waals surface area contributed by atoms with E-state index in [9.17, 15) is 13.2 Å². The number of hydrogen-bond donors (Lipinski definition) is 1. The van der Waals surface area contributed by atoms with Gasteiger partial charge in [0, 0.05) is 25.8 Å². The average molecular weight is 458 g/mol. The van der Waals surface area contributed by atoms with Crippen LogP contribution in [-0.4, -0.2) is 52.6 Å². The Morgan fingerprint density at radius 3 is 2.56 bits per heavy atom. The van der Waals surface area contributed by atoms with Crippen molar-refractivity contribution in [2.45, 2.75) is 11.4 Å². The second kappa shape index (κ2) is 8.01. The predicted octanol–water partition coefficient (Wildman–Crippen LogP) is 1.80. The van der Waals surface area contributed by atoms with Crippen molar-refractivity contribution in [1.29, 1.82) is 0 Å². The third kappa shape index (κ3) is 4.70. The Balaban J connectivity index is 1.95. The molecule has 0 aliphatic carbocycles. The molecule has 10 heteroatoms. The van der Waals surface area contributed by atoms with Crippen LogP contribution in [0.15, 0.2) is 44.3 Å². The van der Waals surface area contributed by atoms with E-state index in [2.05, 4.69) is 15.9 Å². The minimum absolute atomic E-state index is 0.1000. The summed E-state index contributed by atoms with van der Waals surface area (Å²) in [5.74, 6) is 0.280. The van der Waals surface area contributed by atoms with Crippen molar-refractivity contribution < 1.29 is 22.4 Å². The lowest BCUT2D eigenvalue weighted by atomic mass is 10.1. The van der Waals surface area contributed by atoms with E-state index in [0.717, 1.165) is 0 Å². The smallest absolute Gasteiger partial charge is 0.256 e. The number of carbonyl (C=O) groups excluding carboxylic acids is 1. The Hall–Kier alpha value is -1.88. The van der Waals surface area contributed by atoms with Crippen LogP contribution in [0.3, 0.4) is 0 Å². The molecule has 0 unspecified atom stereocenters. The molecule has 2 aromatic rings. The standard InChI is InChI=1S/C17H20BrN3O5S/c1-20(11-12-2-5-16(18)26-12)17(22)14-10-13(27(19,23)24)3-4-15(14)21-6-8-25-9-7-21/h2-5,10H,6-9,11H2,1H3,(H2,19,23,24). The molecular weight excluding hydrogens is 438 g/mol. The summed E-state index contributed by atoms with van der Waals surface area (Å²) >= 11 is 3.23. The second-order valence-electron chi connectivity index (χ2n) is 6.19. The van der Waals surface area contributed by atoms with Crippen molar-refractivity contribution in [3.05, 3.63) is 46.3 Å². The highest BCUT2D eigenvalue weighted by molar-refractivity contribution is 9.10. The SMILES string of the molecule is CN(Cc1ccc(Br)o1)C(=O)c1cc(S(N)(=O)=O)ccc1N1CCOCC1. The number of sulfonamides is 1. The fourth-order valence-corrected chi connectivity index (χ4v) is 3.77. The molecule has 146 valence electrons. The number of nitrogens with two attached hydrogens (primary N) is 1. The lowest BCUT2D eigenvalue weighted by Crippen LogP contribution is -2.38. The Bertz CT molecular complexity index is 938. The zero-order valence-corrected chi connectivity index (χ0v) is 17.1. The molecule has 0 bridgehead atoms. The minimum atomic E-state index is -3.93. The summed E-state index contributed by atoms with van der Waals surface area (Å²) < 4.78 is 34.9. The second-order valence-corrected chi connectivity index (χ2v) is 8.53. The highest BCUT2D eigenvalue weighted by Gasteiger charge is 2.24. The van der Waals surface area contributed by atoms with E-state index in [1.54, 1.807) is 25.2 Å². The maximum atomic E-state index is 13.1. The molecule has 1 amide bonds. The van der Waals surface area contributed by atoms with Crippen LogP contribution in [0.4, 0.5) is 5.69 Å². The van der Waals surface area contributed by atoms with E-state index in [0.29, 0.717) is 42.4 Å². The van der Waals surface area contributed by atoms with Crippen LogP contribution in [0, 0.1) is 0 Å². The van der Waals surface area contributed by atoms with Gasteiger partial charge in [-0.25, -0.2) is 13.6 Å². The number of benzene rings is 1. The molecule has 1 aromatic heterocycles. The van der Waals surface area contributed by atoms with Gasteiger partial charge in [0.15, 0.2) is 4.67 Å². The molecule has 1 aliphatic heterocycles. The number of rotatable bonds is 5. The first-order valence-corrected chi connectivity index (χ1v) is 10.6. The number of hydrogen-bond acceptors (Lipinski definition) is 6. The van der Waals surface area contributed by atoms with Crippen LogP contribution in [0.5, 0.6) is 0 Å². The van der Waals surface area contributed by atoms with Gasteiger partial charge in [-0.05, 0) is 46.3 Å². The van der Waals surface area contributed by atoms with E-state index >= 15 is 0 Å². The first-order valence-electron chi connectivity index (χ1n) is 8.25. The molecule has 8 nitrogen and oxygen atoms in total. The molecular formula is C17H20BrN3O5S. The number of anilines is 1. The van der Waals surface area contributed by atoms with E-state index in [4.69, 9.17) is 14.3 Å². The first-order chi connectivity index (χ1) is 12.8. The van der Waals surface area contributed by atoms with Gasteiger partial charge in [-0.1, -0.05) is 0 Å². The first kappa shape index (κ1) is 19.9. The summed E-state index contributed by atoms with van der Waals surface area (Å²) in [5.41, 5.74) is 0.930. The average Bonchev–Trinajstić information content (AvgIpc) is 3.05. The molecule has 1 aromatic carbocycles. The number of furan rings is 1. The van der Waals surface area contributed by atoms with Gasteiger partial charge in [-0.3, -0.25) is 4.79 Å². The number of morpholine rings is 1. The maximum Gasteiger partial charge on any atom is 0.256 e. The van der Waals surface area contributed by atoms with Crippen molar-refractivity contribution in [2.24, 2.45) is 5.14 Å². The number of amides is 1. The van der Waals surface area contributed by atoms with Crippen LogP contribution in [0.1, 0.15) is 16.1 Å².